The molecule has 1 heterocycles. The number of esters is 1. The third-order valence-electron chi connectivity index (χ3n) is 4.09. The molecule has 1 aromatic heterocycles. The Morgan fingerprint density at radius 1 is 1.20 bits per heavy atom. The van der Waals surface area contributed by atoms with Gasteiger partial charge in [0.15, 0.2) is 11.6 Å². The Kier molecular flexibility index (Phi) is 5.73. The standard InChI is InChI=1S/C18H9Cl2F3N2O5/c1-2-30-18(27)8-6-24(13-5-12(25(28)29)9(19)4-10(13)21)16-7(17(8)26)3-11(22)15(23)14(16)20/h3-6H,2H2,1H3. The average molecular weight is 461 g/mol. The molecule has 0 spiro atoms. The van der Waals surface area contributed by atoms with E-state index in [4.69, 9.17) is 27.9 Å². The summed E-state index contributed by atoms with van der Waals surface area (Å²) in [6.07, 6.45) is 0.780. The molecular weight excluding hydrogens is 452 g/mol. The lowest BCUT2D eigenvalue weighted by Gasteiger charge is -2.16. The number of halogens is 5. The minimum absolute atomic E-state index is 0.115. The number of hydrogen-bond acceptors (Lipinski definition) is 5. The number of carbonyl (C=O) groups is 1. The van der Waals surface area contributed by atoms with Gasteiger partial charge in [-0.3, -0.25) is 14.9 Å². The lowest BCUT2D eigenvalue weighted by Crippen LogP contribution is -2.21. The second kappa shape index (κ2) is 7.96. The van der Waals surface area contributed by atoms with Gasteiger partial charge < -0.3 is 9.30 Å². The van der Waals surface area contributed by atoms with Crippen LogP contribution in [0.3, 0.4) is 0 Å². The monoisotopic (exact) mass is 460 g/mol. The number of aromatic nitrogens is 1. The summed E-state index contributed by atoms with van der Waals surface area (Å²) in [5.74, 6) is -5.26. The van der Waals surface area contributed by atoms with Gasteiger partial charge in [0.1, 0.15) is 21.4 Å². The van der Waals surface area contributed by atoms with E-state index in [0.717, 1.165) is 10.8 Å². The smallest absolute Gasteiger partial charge is 0.343 e. The number of pyridine rings is 1. The molecule has 0 aliphatic heterocycles. The van der Waals surface area contributed by atoms with Crippen molar-refractivity contribution in [2.45, 2.75) is 6.92 Å². The number of benzene rings is 2. The van der Waals surface area contributed by atoms with Gasteiger partial charge >= 0.3 is 5.97 Å². The van der Waals surface area contributed by atoms with E-state index >= 15 is 0 Å². The fourth-order valence-electron chi connectivity index (χ4n) is 2.79. The highest BCUT2D eigenvalue weighted by molar-refractivity contribution is 6.35. The molecule has 0 saturated carbocycles. The number of ether oxygens (including phenoxy) is 1. The van der Waals surface area contributed by atoms with Crippen molar-refractivity contribution in [3.8, 4) is 5.69 Å². The van der Waals surface area contributed by atoms with E-state index in [2.05, 4.69) is 0 Å². The Balaban J connectivity index is 2.54. The highest BCUT2D eigenvalue weighted by atomic mass is 35.5. The molecule has 30 heavy (non-hydrogen) atoms. The van der Waals surface area contributed by atoms with E-state index in [1.54, 1.807) is 0 Å². The summed E-state index contributed by atoms with van der Waals surface area (Å²) in [5.41, 5.74) is -3.51. The predicted octanol–water partition coefficient (Wildman–Crippen LogP) is 4.80. The predicted molar refractivity (Wildman–Crippen MR) is 102 cm³/mol. The fourth-order valence-corrected chi connectivity index (χ4v) is 3.29. The van der Waals surface area contributed by atoms with E-state index < -0.39 is 71.7 Å². The molecule has 0 saturated heterocycles. The number of hydrogen-bond donors (Lipinski definition) is 0. The first-order valence-electron chi connectivity index (χ1n) is 8.12. The lowest BCUT2D eigenvalue weighted by atomic mass is 10.1. The van der Waals surface area contributed by atoms with E-state index in [0.29, 0.717) is 18.2 Å². The van der Waals surface area contributed by atoms with E-state index in [9.17, 15) is 32.9 Å². The number of rotatable bonds is 4. The maximum atomic E-state index is 14.7. The van der Waals surface area contributed by atoms with Gasteiger partial charge in [-0.15, -0.1) is 0 Å². The quantitative estimate of drug-likeness (QED) is 0.241. The minimum atomic E-state index is -1.54. The number of nitro groups is 1. The van der Waals surface area contributed by atoms with E-state index in [-0.39, 0.29) is 6.61 Å². The summed E-state index contributed by atoms with van der Waals surface area (Å²) in [6.45, 7) is 1.35. The zero-order valence-electron chi connectivity index (χ0n) is 14.8. The Bertz CT molecular complexity index is 1290. The number of fused-ring (bicyclic) bond motifs is 1. The summed E-state index contributed by atoms with van der Waals surface area (Å²) in [5, 5.41) is 9.20. The highest BCUT2D eigenvalue weighted by Gasteiger charge is 2.25. The number of carbonyl (C=O) groups excluding carboxylic acids is 1. The molecule has 3 aromatic rings. The van der Waals surface area contributed by atoms with Crippen LogP contribution in [0, 0.1) is 27.6 Å². The molecule has 0 aliphatic carbocycles. The van der Waals surface area contributed by atoms with Crippen LogP contribution in [0.4, 0.5) is 18.9 Å². The van der Waals surface area contributed by atoms with Crippen LogP contribution < -0.4 is 5.43 Å². The normalized spacial score (nSPS) is 11.0. The number of nitrogens with zero attached hydrogens (tertiary/aromatic N) is 2. The third kappa shape index (κ3) is 3.48. The molecule has 12 heteroatoms. The van der Waals surface area contributed by atoms with Gasteiger partial charge in [-0.2, -0.15) is 0 Å². The minimum Gasteiger partial charge on any atom is -0.462 e. The lowest BCUT2D eigenvalue weighted by molar-refractivity contribution is -0.384. The summed E-state index contributed by atoms with van der Waals surface area (Å²) in [7, 11) is 0. The first-order chi connectivity index (χ1) is 14.1. The second-order valence-corrected chi connectivity index (χ2v) is 6.64. The molecule has 0 bridgehead atoms. The van der Waals surface area contributed by atoms with Crippen LogP contribution in [0.5, 0.6) is 0 Å². The van der Waals surface area contributed by atoms with Crippen LogP contribution >= 0.6 is 23.2 Å². The zero-order chi connectivity index (χ0) is 22.3. The molecule has 0 unspecified atom stereocenters. The third-order valence-corrected chi connectivity index (χ3v) is 4.74. The van der Waals surface area contributed by atoms with Crippen molar-refractivity contribution in [3.05, 3.63) is 77.8 Å². The molecule has 0 fully saturated rings. The van der Waals surface area contributed by atoms with Crippen LogP contribution in [0.2, 0.25) is 10.0 Å². The summed E-state index contributed by atoms with van der Waals surface area (Å²) < 4.78 is 48.2. The molecular formula is C18H9Cl2F3N2O5. The molecule has 3 rings (SSSR count). The van der Waals surface area contributed by atoms with Crippen molar-refractivity contribution in [2.24, 2.45) is 0 Å². The SMILES string of the molecule is CCOC(=O)c1cn(-c2cc([N+](=O)[O-])c(Cl)cc2F)c2c(Cl)c(F)c(F)cc2c1=O. The van der Waals surface area contributed by atoms with Gasteiger partial charge in [-0.25, -0.2) is 18.0 Å². The molecule has 0 radical (unpaired) electrons. The first-order valence-corrected chi connectivity index (χ1v) is 8.87. The molecule has 2 aromatic carbocycles. The Labute approximate surface area is 175 Å². The van der Waals surface area contributed by atoms with Gasteiger partial charge in [0.05, 0.1) is 28.1 Å². The fraction of sp³-hybridized carbons (Fsp3) is 0.111. The maximum absolute atomic E-state index is 14.7. The Morgan fingerprint density at radius 2 is 1.87 bits per heavy atom. The molecule has 0 N–H and O–H groups in total. The van der Waals surface area contributed by atoms with Crippen LogP contribution in [0.15, 0.2) is 29.2 Å². The van der Waals surface area contributed by atoms with Gasteiger partial charge in [0.2, 0.25) is 5.43 Å². The van der Waals surface area contributed by atoms with Gasteiger partial charge in [0.25, 0.3) is 5.69 Å². The van der Waals surface area contributed by atoms with Gasteiger partial charge in [-0.05, 0) is 13.0 Å². The summed E-state index contributed by atoms with van der Waals surface area (Å²) in [6, 6.07) is 1.81. The van der Waals surface area contributed by atoms with Crippen LogP contribution in [-0.2, 0) is 4.74 Å². The van der Waals surface area contributed by atoms with Crippen molar-refractivity contribution in [1.29, 1.82) is 0 Å². The van der Waals surface area contributed by atoms with E-state index in [1.165, 1.54) is 6.92 Å². The van der Waals surface area contributed by atoms with Crippen LogP contribution in [0.25, 0.3) is 16.6 Å². The van der Waals surface area contributed by atoms with Crippen LogP contribution in [-0.4, -0.2) is 22.1 Å². The summed E-state index contributed by atoms with van der Waals surface area (Å²) in [4.78, 5) is 35.1. The second-order valence-electron chi connectivity index (χ2n) is 5.86. The molecule has 0 aliphatic rings. The summed E-state index contributed by atoms with van der Waals surface area (Å²) >= 11 is 11.5. The van der Waals surface area contributed by atoms with Crippen molar-refractivity contribution < 1.29 is 27.6 Å². The number of nitro benzene ring substituents is 1. The topological polar surface area (TPSA) is 91.4 Å². The van der Waals surface area contributed by atoms with Crippen LogP contribution in [0.1, 0.15) is 17.3 Å². The Morgan fingerprint density at radius 3 is 2.47 bits per heavy atom. The maximum Gasteiger partial charge on any atom is 0.343 e. The Hall–Kier alpha value is -3.11. The van der Waals surface area contributed by atoms with Gasteiger partial charge in [0, 0.05) is 18.3 Å². The molecule has 7 nitrogen and oxygen atoms in total. The highest BCUT2D eigenvalue weighted by Crippen LogP contribution is 2.34. The largest absolute Gasteiger partial charge is 0.462 e. The van der Waals surface area contributed by atoms with Crippen molar-refractivity contribution in [2.75, 3.05) is 6.61 Å². The van der Waals surface area contributed by atoms with Crippen molar-refractivity contribution in [3.63, 3.8) is 0 Å². The van der Waals surface area contributed by atoms with Crippen molar-refractivity contribution >= 4 is 45.8 Å². The van der Waals surface area contributed by atoms with Gasteiger partial charge in [-0.1, -0.05) is 23.2 Å². The molecule has 0 atom stereocenters. The van der Waals surface area contributed by atoms with Crippen molar-refractivity contribution in [1.82, 2.24) is 4.57 Å². The first kappa shape index (κ1) is 21.6. The molecule has 0 amide bonds. The zero-order valence-corrected chi connectivity index (χ0v) is 16.4. The van der Waals surface area contributed by atoms with E-state index in [1.807, 2.05) is 0 Å². The molecule has 156 valence electrons. The average Bonchev–Trinajstić information content (AvgIpc) is 2.67.